The maximum Gasteiger partial charge on any atom is 0.338 e. The van der Waals surface area contributed by atoms with Gasteiger partial charge in [-0.1, -0.05) is 55.1 Å². The van der Waals surface area contributed by atoms with E-state index in [1.54, 1.807) is 36.4 Å². The molecule has 0 fully saturated rings. The number of esters is 1. The lowest BCUT2D eigenvalue weighted by Crippen LogP contribution is -2.06. The van der Waals surface area contributed by atoms with Crippen molar-refractivity contribution in [3.05, 3.63) is 113 Å². The van der Waals surface area contributed by atoms with E-state index in [1.165, 1.54) is 12.3 Å². The third kappa shape index (κ3) is 4.56. The van der Waals surface area contributed by atoms with Crippen LogP contribution in [0.3, 0.4) is 0 Å². The Labute approximate surface area is 179 Å². The first kappa shape index (κ1) is 20.2. The quantitative estimate of drug-likeness (QED) is 0.301. The summed E-state index contributed by atoms with van der Waals surface area (Å²) in [6.45, 7) is 3.94. The zero-order valence-electron chi connectivity index (χ0n) is 16.7. The Hall–Kier alpha value is -4.12. The summed E-state index contributed by atoms with van der Waals surface area (Å²) >= 11 is 0. The molecule has 154 valence electrons. The Morgan fingerprint density at radius 1 is 1.00 bits per heavy atom. The van der Waals surface area contributed by atoms with E-state index in [1.807, 2.05) is 36.4 Å². The minimum Gasteiger partial charge on any atom is -0.489 e. The molecule has 5 nitrogen and oxygen atoms in total. The summed E-state index contributed by atoms with van der Waals surface area (Å²) in [7, 11) is 0. The molecular weight excluding hydrogens is 392 g/mol. The normalized spacial score (nSPS) is 10.6. The number of hydrogen-bond acceptors (Lipinski definition) is 5. The highest BCUT2D eigenvalue weighted by molar-refractivity contribution is 5.89. The van der Waals surface area contributed by atoms with E-state index >= 15 is 0 Å². The lowest BCUT2D eigenvalue weighted by molar-refractivity contribution is 0.0549. The highest BCUT2D eigenvalue weighted by atomic mass is 16.5. The molecule has 4 aromatic rings. The molecule has 1 heterocycles. The van der Waals surface area contributed by atoms with Crippen LogP contribution in [0.4, 0.5) is 0 Å². The molecule has 0 radical (unpaired) electrons. The highest BCUT2D eigenvalue weighted by Gasteiger charge is 2.11. The zero-order valence-corrected chi connectivity index (χ0v) is 16.7. The molecule has 0 bridgehead atoms. The van der Waals surface area contributed by atoms with Gasteiger partial charge in [0.05, 0.1) is 16.5 Å². The van der Waals surface area contributed by atoms with E-state index < -0.39 is 5.97 Å². The first-order valence-corrected chi connectivity index (χ1v) is 9.76. The summed E-state index contributed by atoms with van der Waals surface area (Å²) < 4.78 is 16.6. The molecule has 0 aliphatic carbocycles. The van der Waals surface area contributed by atoms with Gasteiger partial charge >= 0.3 is 5.97 Å². The van der Waals surface area contributed by atoms with Gasteiger partial charge in [0.2, 0.25) is 0 Å². The van der Waals surface area contributed by atoms with Crippen molar-refractivity contribution in [2.24, 2.45) is 0 Å². The van der Waals surface area contributed by atoms with E-state index in [0.717, 1.165) is 11.1 Å². The third-order valence-electron chi connectivity index (χ3n) is 4.73. The van der Waals surface area contributed by atoms with Crippen LogP contribution < -0.4 is 10.2 Å². The van der Waals surface area contributed by atoms with Gasteiger partial charge in [0.25, 0.3) is 0 Å². The van der Waals surface area contributed by atoms with Gasteiger partial charge in [0.1, 0.15) is 30.8 Å². The minimum absolute atomic E-state index is 0.0928. The molecule has 31 heavy (non-hydrogen) atoms. The van der Waals surface area contributed by atoms with Gasteiger partial charge in [-0.2, -0.15) is 0 Å². The zero-order chi connectivity index (χ0) is 21.6. The van der Waals surface area contributed by atoms with E-state index in [4.69, 9.17) is 13.9 Å². The number of ether oxygens (including phenoxy) is 2. The summed E-state index contributed by atoms with van der Waals surface area (Å²) in [4.78, 5) is 24.8. The number of carbonyl (C=O) groups is 1. The molecule has 0 atom stereocenters. The van der Waals surface area contributed by atoms with Crippen LogP contribution in [0.25, 0.3) is 22.1 Å². The minimum atomic E-state index is -0.413. The van der Waals surface area contributed by atoms with E-state index in [9.17, 15) is 9.59 Å². The summed E-state index contributed by atoms with van der Waals surface area (Å²) in [6.07, 6.45) is 2.99. The van der Waals surface area contributed by atoms with Gasteiger partial charge in [-0.05, 0) is 35.4 Å². The van der Waals surface area contributed by atoms with Crippen LogP contribution in [-0.2, 0) is 11.3 Å². The topological polar surface area (TPSA) is 65.7 Å². The second-order valence-electron chi connectivity index (χ2n) is 6.88. The first-order valence-electron chi connectivity index (χ1n) is 9.76. The van der Waals surface area contributed by atoms with Crippen LogP contribution in [0.5, 0.6) is 5.75 Å². The van der Waals surface area contributed by atoms with Crippen molar-refractivity contribution in [3.63, 3.8) is 0 Å². The van der Waals surface area contributed by atoms with Crippen LogP contribution in [-0.4, -0.2) is 12.6 Å². The van der Waals surface area contributed by atoms with Crippen LogP contribution in [0, 0.1) is 0 Å². The number of fused-ring (bicyclic) bond motifs is 1. The number of benzene rings is 3. The average molecular weight is 412 g/mol. The third-order valence-corrected chi connectivity index (χ3v) is 4.73. The monoisotopic (exact) mass is 412 g/mol. The molecule has 0 N–H and O–H groups in total. The maximum atomic E-state index is 12.8. The van der Waals surface area contributed by atoms with Crippen molar-refractivity contribution >= 4 is 16.9 Å². The fourth-order valence-corrected chi connectivity index (χ4v) is 3.19. The van der Waals surface area contributed by atoms with Gasteiger partial charge in [-0.25, -0.2) is 4.79 Å². The van der Waals surface area contributed by atoms with Crippen molar-refractivity contribution in [1.82, 2.24) is 0 Å². The van der Waals surface area contributed by atoms with Crippen LogP contribution in [0.2, 0.25) is 0 Å². The highest BCUT2D eigenvalue weighted by Crippen LogP contribution is 2.23. The Kier molecular flexibility index (Phi) is 5.94. The van der Waals surface area contributed by atoms with Crippen molar-refractivity contribution in [2.45, 2.75) is 6.61 Å². The average Bonchev–Trinajstić information content (AvgIpc) is 2.82. The molecule has 0 amide bonds. The second kappa shape index (κ2) is 9.13. The molecule has 0 aliphatic heterocycles. The van der Waals surface area contributed by atoms with Gasteiger partial charge in [-0.15, -0.1) is 0 Å². The Balaban J connectivity index is 1.52. The molecular formula is C26H20O5. The first-order chi connectivity index (χ1) is 15.2. The molecule has 0 unspecified atom stereocenters. The summed E-state index contributed by atoms with van der Waals surface area (Å²) in [6, 6.07) is 21.6. The molecule has 4 rings (SSSR count). The molecule has 0 aliphatic rings. The van der Waals surface area contributed by atoms with E-state index in [0.29, 0.717) is 27.8 Å². The lowest BCUT2D eigenvalue weighted by atomic mass is 10.1. The van der Waals surface area contributed by atoms with Gasteiger partial charge in [0, 0.05) is 6.07 Å². The molecule has 3 aromatic carbocycles. The van der Waals surface area contributed by atoms with Gasteiger partial charge in [-0.3, -0.25) is 4.79 Å². The van der Waals surface area contributed by atoms with Crippen LogP contribution >= 0.6 is 0 Å². The van der Waals surface area contributed by atoms with Gasteiger partial charge in [0.15, 0.2) is 5.43 Å². The predicted molar refractivity (Wildman–Crippen MR) is 119 cm³/mol. The molecule has 5 heteroatoms. The second-order valence-corrected chi connectivity index (χ2v) is 6.88. The Morgan fingerprint density at radius 2 is 1.84 bits per heavy atom. The molecule has 0 spiro atoms. The summed E-state index contributed by atoms with van der Waals surface area (Å²) in [5, 5.41) is 0.487. The van der Waals surface area contributed by atoms with E-state index in [2.05, 4.69) is 6.58 Å². The van der Waals surface area contributed by atoms with Gasteiger partial charge < -0.3 is 13.9 Å². The predicted octanol–water partition coefficient (Wildman–Crippen LogP) is 5.38. The van der Waals surface area contributed by atoms with Crippen molar-refractivity contribution < 1.29 is 18.7 Å². The Morgan fingerprint density at radius 3 is 2.65 bits per heavy atom. The summed E-state index contributed by atoms with van der Waals surface area (Å²) in [5.41, 5.74) is 2.94. The standard InChI is InChI=1S/C26H20O5/c1-2-13-29-26(28)20-10-6-7-18(14-20)16-30-21-11-12-22-24(15-21)31-17-23(25(22)27)19-8-4-3-5-9-19/h2-12,14-15,17H,1,13,16H2. The van der Waals surface area contributed by atoms with Crippen LogP contribution in [0.1, 0.15) is 15.9 Å². The molecule has 0 saturated heterocycles. The largest absolute Gasteiger partial charge is 0.489 e. The fraction of sp³-hybridized carbons (Fsp3) is 0.0769. The SMILES string of the molecule is C=CCOC(=O)c1cccc(COc2ccc3c(=O)c(-c4ccccc4)coc3c2)c1. The van der Waals surface area contributed by atoms with Crippen molar-refractivity contribution in [3.8, 4) is 16.9 Å². The number of rotatable bonds is 7. The summed E-state index contributed by atoms with van der Waals surface area (Å²) in [5.74, 6) is 0.145. The van der Waals surface area contributed by atoms with Crippen molar-refractivity contribution in [2.75, 3.05) is 6.61 Å². The number of hydrogen-bond donors (Lipinski definition) is 0. The molecule has 1 aromatic heterocycles. The fourth-order valence-electron chi connectivity index (χ4n) is 3.19. The van der Waals surface area contributed by atoms with Crippen LogP contribution in [0.15, 0.2) is 101 Å². The smallest absolute Gasteiger partial charge is 0.338 e. The van der Waals surface area contributed by atoms with Crippen molar-refractivity contribution in [1.29, 1.82) is 0 Å². The molecule has 0 saturated carbocycles. The number of carbonyl (C=O) groups excluding carboxylic acids is 1. The maximum absolute atomic E-state index is 12.8. The lowest BCUT2D eigenvalue weighted by Gasteiger charge is -2.09. The van der Waals surface area contributed by atoms with E-state index in [-0.39, 0.29) is 18.6 Å². The Bertz CT molecular complexity index is 1290.